The van der Waals surface area contributed by atoms with Crippen LogP contribution in [-0.2, 0) is 9.59 Å². The molecule has 20 heavy (non-hydrogen) atoms. The van der Waals surface area contributed by atoms with E-state index in [4.69, 9.17) is 9.84 Å². The van der Waals surface area contributed by atoms with Crippen LogP contribution < -0.4 is 15.4 Å². The van der Waals surface area contributed by atoms with Crippen LogP contribution in [0.3, 0.4) is 0 Å². The summed E-state index contributed by atoms with van der Waals surface area (Å²) >= 11 is 0. The van der Waals surface area contributed by atoms with E-state index in [0.29, 0.717) is 18.0 Å². The predicted octanol–water partition coefficient (Wildman–Crippen LogP) is 0.944. The van der Waals surface area contributed by atoms with Gasteiger partial charge in [-0.3, -0.25) is 4.79 Å². The van der Waals surface area contributed by atoms with Crippen molar-refractivity contribution in [1.29, 1.82) is 0 Å². The molecule has 1 amide bonds. The molecule has 0 aliphatic carbocycles. The Hall–Kier alpha value is -2.08. The molecule has 0 aromatic heterocycles. The lowest BCUT2D eigenvalue weighted by Crippen LogP contribution is -2.28. The van der Waals surface area contributed by atoms with Crippen LogP contribution >= 0.6 is 0 Å². The molecule has 1 aliphatic heterocycles. The zero-order valence-electron chi connectivity index (χ0n) is 11.3. The SMILES string of the molecule is CC1CNCC1C(=O)Nc1ccccc1OCC(=O)O. The minimum atomic E-state index is -1.06. The van der Waals surface area contributed by atoms with E-state index in [9.17, 15) is 9.59 Å². The number of anilines is 1. The van der Waals surface area contributed by atoms with Crippen molar-refractivity contribution in [3.63, 3.8) is 0 Å². The summed E-state index contributed by atoms with van der Waals surface area (Å²) in [6.07, 6.45) is 0. The van der Waals surface area contributed by atoms with Crippen molar-refractivity contribution in [3.8, 4) is 5.75 Å². The Morgan fingerprint density at radius 3 is 2.80 bits per heavy atom. The van der Waals surface area contributed by atoms with Crippen molar-refractivity contribution < 1.29 is 19.4 Å². The van der Waals surface area contributed by atoms with Gasteiger partial charge in [0, 0.05) is 6.54 Å². The first-order valence-electron chi connectivity index (χ1n) is 6.53. The number of rotatable bonds is 5. The van der Waals surface area contributed by atoms with E-state index in [1.165, 1.54) is 0 Å². The van der Waals surface area contributed by atoms with Crippen LogP contribution in [0.25, 0.3) is 0 Å². The Bertz CT molecular complexity index is 504. The molecule has 0 saturated carbocycles. The molecule has 1 fully saturated rings. The van der Waals surface area contributed by atoms with Crippen molar-refractivity contribution in [2.75, 3.05) is 25.0 Å². The van der Waals surface area contributed by atoms with Gasteiger partial charge in [-0.25, -0.2) is 4.79 Å². The molecule has 6 heteroatoms. The van der Waals surface area contributed by atoms with Crippen LogP contribution in [0.2, 0.25) is 0 Å². The molecule has 1 aromatic carbocycles. The molecule has 2 rings (SSSR count). The quantitative estimate of drug-likeness (QED) is 0.746. The maximum Gasteiger partial charge on any atom is 0.341 e. The molecule has 1 aliphatic rings. The molecule has 3 N–H and O–H groups in total. The molecule has 1 aromatic rings. The van der Waals surface area contributed by atoms with E-state index in [2.05, 4.69) is 10.6 Å². The smallest absolute Gasteiger partial charge is 0.341 e. The Labute approximate surface area is 117 Å². The van der Waals surface area contributed by atoms with Crippen molar-refractivity contribution in [2.45, 2.75) is 6.92 Å². The molecule has 0 bridgehead atoms. The highest BCUT2D eigenvalue weighted by Crippen LogP contribution is 2.26. The summed E-state index contributed by atoms with van der Waals surface area (Å²) < 4.78 is 5.16. The fraction of sp³-hybridized carbons (Fsp3) is 0.429. The number of amides is 1. The first-order valence-corrected chi connectivity index (χ1v) is 6.53. The number of aliphatic carboxylic acids is 1. The molecule has 0 radical (unpaired) electrons. The van der Waals surface area contributed by atoms with E-state index >= 15 is 0 Å². The summed E-state index contributed by atoms with van der Waals surface area (Å²) in [7, 11) is 0. The van der Waals surface area contributed by atoms with Gasteiger partial charge in [0.15, 0.2) is 6.61 Å². The highest BCUT2D eigenvalue weighted by atomic mass is 16.5. The largest absolute Gasteiger partial charge is 0.480 e. The molecule has 2 unspecified atom stereocenters. The number of ether oxygens (including phenoxy) is 1. The molecule has 108 valence electrons. The number of hydrogen-bond donors (Lipinski definition) is 3. The highest BCUT2D eigenvalue weighted by molar-refractivity contribution is 5.94. The third-order valence-electron chi connectivity index (χ3n) is 3.35. The molecule has 1 heterocycles. The Morgan fingerprint density at radius 2 is 2.15 bits per heavy atom. The van der Waals surface area contributed by atoms with Gasteiger partial charge in [0.2, 0.25) is 5.91 Å². The number of hydrogen-bond acceptors (Lipinski definition) is 4. The van der Waals surface area contributed by atoms with Crippen LogP contribution in [0.4, 0.5) is 5.69 Å². The van der Waals surface area contributed by atoms with Gasteiger partial charge in [0.25, 0.3) is 0 Å². The van der Waals surface area contributed by atoms with Crippen LogP contribution in [0, 0.1) is 11.8 Å². The minimum Gasteiger partial charge on any atom is -0.480 e. The lowest BCUT2D eigenvalue weighted by atomic mass is 9.97. The second kappa shape index (κ2) is 6.38. The number of carboxylic acids is 1. The Morgan fingerprint density at radius 1 is 1.40 bits per heavy atom. The number of nitrogens with one attached hydrogen (secondary N) is 2. The lowest BCUT2D eigenvalue weighted by Gasteiger charge is -2.16. The molecular formula is C14H18N2O4. The maximum atomic E-state index is 12.2. The number of carbonyl (C=O) groups excluding carboxylic acids is 1. The fourth-order valence-corrected chi connectivity index (χ4v) is 2.22. The third kappa shape index (κ3) is 3.48. The molecule has 6 nitrogen and oxygen atoms in total. The summed E-state index contributed by atoms with van der Waals surface area (Å²) in [5.41, 5.74) is 0.498. The summed E-state index contributed by atoms with van der Waals surface area (Å²) in [5, 5.41) is 14.6. The number of benzene rings is 1. The van der Waals surface area contributed by atoms with Crippen molar-refractivity contribution in [1.82, 2.24) is 5.32 Å². The van der Waals surface area contributed by atoms with Crippen LogP contribution in [0.15, 0.2) is 24.3 Å². The first kappa shape index (κ1) is 14.3. The Balaban J connectivity index is 2.04. The number of para-hydroxylation sites is 2. The monoisotopic (exact) mass is 278 g/mol. The molecule has 0 spiro atoms. The standard InChI is InChI=1S/C14H18N2O4/c1-9-6-15-7-10(9)14(19)16-11-4-2-3-5-12(11)20-8-13(17)18/h2-5,9-10,15H,6-8H2,1H3,(H,16,19)(H,17,18). The number of carbonyl (C=O) groups is 2. The summed E-state index contributed by atoms with van der Waals surface area (Å²) in [4.78, 5) is 22.7. The predicted molar refractivity (Wildman–Crippen MR) is 73.7 cm³/mol. The molecular weight excluding hydrogens is 260 g/mol. The van der Waals surface area contributed by atoms with E-state index < -0.39 is 12.6 Å². The van der Waals surface area contributed by atoms with Gasteiger partial charge in [-0.2, -0.15) is 0 Å². The average molecular weight is 278 g/mol. The van der Waals surface area contributed by atoms with Gasteiger partial charge in [0.1, 0.15) is 5.75 Å². The fourth-order valence-electron chi connectivity index (χ4n) is 2.22. The van der Waals surface area contributed by atoms with E-state index in [0.717, 1.165) is 6.54 Å². The highest BCUT2D eigenvalue weighted by Gasteiger charge is 2.29. The van der Waals surface area contributed by atoms with Gasteiger partial charge in [0.05, 0.1) is 11.6 Å². The summed E-state index contributed by atoms with van der Waals surface area (Å²) in [5.74, 6) is -0.569. The Kier molecular flexibility index (Phi) is 4.57. The van der Waals surface area contributed by atoms with E-state index in [1.807, 2.05) is 6.92 Å². The van der Waals surface area contributed by atoms with Crippen molar-refractivity contribution in [3.05, 3.63) is 24.3 Å². The molecule has 2 atom stereocenters. The van der Waals surface area contributed by atoms with Crippen LogP contribution in [0.5, 0.6) is 5.75 Å². The van der Waals surface area contributed by atoms with Crippen molar-refractivity contribution in [2.24, 2.45) is 11.8 Å². The third-order valence-corrected chi connectivity index (χ3v) is 3.35. The van der Waals surface area contributed by atoms with Gasteiger partial charge < -0.3 is 20.5 Å². The lowest BCUT2D eigenvalue weighted by molar-refractivity contribution is -0.139. The number of carboxylic acid groups (broad SMARTS) is 1. The van der Waals surface area contributed by atoms with Gasteiger partial charge >= 0.3 is 5.97 Å². The normalized spacial score (nSPS) is 21.4. The van der Waals surface area contributed by atoms with E-state index in [1.54, 1.807) is 24.3 Å². The van der Waals surface area contributed by atoms with Crippen LogP contribution in [0.1, 0.15) is 6.92 Å². The van der Waals surface area contributed by atoms with E-state index in [-0.39, 0.29) is 17.7 Å². The van der Waals surface area contributed by atoms with Gasteiger partial charge in [-0.15, -0.1) is 0 Å². The van der Waals surface area contributed by atoms with Gasteiger partial charge in [-0.1, -0.05) is 19.1 Å². The zero-order valence-corrected chi connectivity index (χ0v) is 11.3. The van der Waals surface area contributed by atoms with Crippen molar-refractivity contribution >= 4 is 17.6 Å². The average Bonchev–Trinajstić information content (AvgIpc) is 2.84. The topological polar surface area (TPSA) is 87.7 Å². The van der Waals surface area contributed by atoms with Gasteiger partial charge in [-0.05, 0) is 24.6 Å². The summed E-state index contributed by atoms with van der Waals surface area (Å²) in [6, 6.07) is 6.82. The second-order valence-corrected chi connectivity index (χ2v) is 4.91. The first-order chi connectivity index (χ1) is 9.58. The minimum absolute atomic E-state index is 0.0751. The second-order valence-electron chi connectivity index (χ2n) is 4.91. The maximum absolute atomic E-state index is 12.2. The van der Waals surface area contributed by atoms with Crippen LogP contribution in [-0.4, -0.2) is 36.7 Å². The summed E-state index contributed by atoms with van der Waals surface area (Å²) in [6.45, 7) is 3.08. The zero-order chi connectivity index (χ0) is 14.5. The molecule has 1 saturated heterocycles.